The van der Waals surface area contributed by atoms with E-state index >= 15 is 0 Å². The molecule has 1 aliphatic rings. The van der Waals surface area contributed by atoms with Gasteiger partial charge >= 0.3 is 0 Å². The van der Waals surface area contributed by atoms with E-state index in [0.29, 0.717) is 12.2 Å². The highest BCUT2D eigenvalue weighted by Gasteiger charge is 2.24. The molecule has 2 heterocycles. The van der Waals surface area contributed by atoms with Gasteiger partial charge in [-0.15, -0.1) is 0 Å². The summed E-state index contributed by atoms with van der Waals surface area (Å²) in [5.74, 6) is -0.489. The van der Waals surface area contributed by atoms with Crippen molar-refractivity contribution in [3.8, 4) is 11.3 Å². The standard InChI is InChI=1S/C23H25FN4O/c1-27-21(18-9-11-19(24)12-10-18)15-20(26-27)23(29)25-16-22(28-13-5-6-14-28)17-7-3-2-4-8-17/h2-4,7-12,15,22H,5-6,13-14,16H2,1H3,(H,25,29). The highest BCUT2D eigenvalue weighted by molar-refractivity contribution is 5.93. The quantitative estimate of drug-likeness (QED) is 0.694. The molecule has 1 saturated heterocycles. The summed E-state index contributed by atoms with van der Waals surface area (Å²) < 4.78 is 14.8. The molecule has 0 saturated carbocycles. The van der Waals surface area contributed by atoms with Crippen LogP contribution in [0.4, 0.5) is 4.39 Å². The SMILES string of the molecule is Cn1nc(C(=O)NCC(c2ccccc2)N2CCCC2)cc1-c1ccc(F)cc1. The van der Waals surface area contributed by atoms with E-state index in [-0.39, 0.29) is 17.8 Å². The highest BCUT2D eigenvalue weighted by Crippen LogP contribution is 2.25. The Labute approximate surface area is 170 Å². The molecule has 6 heteroatoms. The third-order valence-electron chi connectivity index (χ3n) is 5.47. The van der Waals surface area contributed by atoms with Crippen LogP contribution in [0.25, 0.3) is 11.3 Å². The average molecular weight is 392 g/mol. The topological polar surface area (TPSA) is 50.2 Å². The molecule has 0 spiro atoms. The first-order valence-corrected chi connectivity index (χ1v) is 9.99. The molecule has 0 aliphatic carbocycles. The summed E-state index contributed by atoms with van der Waals surface area (Å²) in [4.78, 5) is 15.2. The lowest BCUT2D eigenvalue weighted by molar-refractivity contribution is 0.0932. The number of nitrogens with zero attached hydrogens (tertiary/aromatic N) is 3. The zero-order valence-corrected chi connectivity index (χ0v) is 16.5. The van der Waals surface area contributed by atoms with Gasteiger partial charge in [-0.3, -0.25) is 14.4 Å². The molecule has 1 amide bonds. The Hall–Kier alpha value is -2.99. The molecule has 0 radical (unpaired) electrons. The van der Waals surface area contributed by atoms with E-state index in [1.807, 2.05) is 18.2 Å². The molecular weight excluding hydrogens is 367 g/mol. The van der Waals surface area contributed by atoms with Crippen LogP contribution in [-0.2, 0) is 7.05 Å². The molecule has 1 fully saturated rings. The molecule has 1 aliphatic heterocycles. The van der Waals surface area contributed by atoms with Crippen molar-refractivity contribution in [2.24, 2.45) is 7.05 Å². The van der Waals surface area contributed by atoms with E-state index < -0.39 is 0 Å². The summed E-state index contributed by atoms with van der Waals surface area (Å²) in [5, 5.41) is 7.41. The molecule has 1 unspecified atom stereocenters. The fourth-order valence-electron chi connectivity index (χ4n) is 3.94. The lowest BCUT2D eigenvalue weighted by Gasteiger charge is -2.28. The zero-order valence-electron chi connectivity index (χ0n) is 16.5. The van der Waals surface area contributed by atoms with Crippen molar-refractivity contribution in [1.29, 1.82) is 0 Å². The van der Waals surface area contributed by atoms with E-state index in [0.717, 1.165) is 24.3 Å². The molecule has 5 nitrogen and oxygen atoms in total. The lowest BCUT2D eigenvalue weighted by Crippen LogP contribution is -2.37. The number of hydrogen-bond donors (Lipinski definition) is 1. The van der Waals surface area contributed by atoms with E-state index in [2.05, 4.69) is 27.4 Å². The molecular formula is C23H25FN4O. The largest absolute Gasteiger partial charge is 0.349 e. The van der Waals surface area contributed by atoms with Gasteiger partial charge in [0.1, 0.15) is 5.82 Å². The zero-order chi connectivity index (χ0) is 20.2. The molecule has 3 aromatic rings. The number of hydrogen-bond acceptors (Lipinski definition) is 3. The summed E-state index contributed by atoms with van der Waals surface area (Å²) in [7, 11) is 1.78. The highest BCUT2D eigenvalue weighted by atomic mass is 19.1. The maximum absolute atomic E-state index is 13.2. The van der Waals surface area contributed by atoms with Crippen LogP contribution in [0.15, 0.2) is 60.7 Å². The van der Waals surface area contributed by atoms with Gasteiger partial charge in [-0.25, -0.2) is 4.39 Å². The lowest BCUT2D eigenvalue weighted by atomic mass is 10.1. The second kappa shape index (κ2) is 8.57. The summed E-state index contributed by atoms with van der Waals surface area (Å²) in [5.41, 5.74) is 3.16. The minimum absolute atomic E-state index is 0.155. The molecule has 1 aromatic heterocycles. The first-order valence-electron chi connectivity index (χ1n) is 9.99. The number of aromatic nitrogens is 2. The summed E-state index contributed by atoms with van der Waals surface area (Å²) >= 11 is 0. The number of benzene rings is 2. The fourth-order valence-corrected chi connectivity index (χ4v) is 3.94. The van der Waals surface area contributed by atoms with Crippen LogP contribution in [-0.4, -0.2) is 40.2 Å². The molecule has 29 heavy (non-hydrogen) atoms. The molecule has 2 aromatic carbocycles. The average Bonchev–Trinajstić information content (AvgIpc) is 3.40. The number of likely N-dealkylation sites (tertiary alicyclic amines) is 1. The number of carbonyl (C=O) groups is 1. The monoisotopic (exact) mass is 392 g/mol. The Morgan fingerprint density at radius 3 is 2.48 bits per heavy atom. The third-order valence-corrected chi connectivity index (χ3v) is 5.47. The van der Waals surface area contributed by atoms with Crippen LogP contribution in [0, 0.1) is 5.82 Å². The normalized spacial score (nSPS) is 15.4. The molecule has 0 bridgehead atoms. The fraction of sp³-hybridized carbons (Fsp3) is 0.304. The van der Waals surface area contributed by atoms with Crippen molar-refractivity contribution in [2.75, 3.05) is 19.6 Å². The minimum Gasteiger partial charge on any atom is -0.349 e. The molecule has 150 valence electrons. The second-order valence-electron chi connectivity index (χ2n) is 7.42. The number of carbonyl (C=O) groups excluding carboxylic acids is 1. The Balaban J connectivity index is 1.48. The van der Waals surface area contributed by atoms with Gasteiger partial charge in [-0.2, -0.15) is 5.10 Å². The van der Waals surface area contributed by atoms with E-state index in [4.69, 9.17) is 0 Å². The maximum Gasteiger partial charge on any atom is 0.271 e. The van der Waals surface area contributed by atoms with Gasteiger partial charge in [0.15, 0.2) is 5.69 Å². The van der Waals surface area contributed by atoms with Crippen LogP contribution >= 0.6 is 0 Å². The maximum atomic E-state index is 13.2. The Morgan fingerprint density at radius 2 is 1.79 bits per heavy atom. The van der Waals surface area contributed by atoms with Crippen molar-refractivity contribution in [3.63, 3.8) is 0 Å². The summed E-state index contributed by atoms with van der Waals surface area (Å²) in [6.07, 6.45) is 2.39. The van der Waals surface area contributed by atoms with Gasteiger partial charge in [-0.1, -0.05) is 30.3 Å². The first kappa shape index (κ1) is 19.3. The smallest absolute Gasteiger partial charge is 0.271 e. The number of halogens is 1. The van der Waals surface area contributed by atoms with Gasteiger partial charge in [0, 0.05) is 13.6 Å². The van der Waals surface area contributed by atoms with Crippen molar-refractivity contribution in [3.05, 3.63) is 77.7 Å². The molecule has 4 rings (SSSR count). The molecule has 1 atom stereocenters. The van der Waals surface area contributed by atoms with Crippen LogP contribution < -0.4 is 5.32 Å². The number of nitrogens with one attached hydrogen (secondary N) is 1. The Kier molecular flexibility index (Phi) is 5.71. The van der Waals surface area contributed by atoms with E-state index in [1.165, 1.54) is 30.5 Å². The Bertz CT molecular complexity index is 962. The van der Waals surface area contributed by atoms with Gasteiger partial charge in [0.25, 0.3) is 5.91 Å². The third kappa shape index (κ3) is 4.38. The summed E-state index contributed by atoms with van der Waals surface area (Å²) in [6, 6.07) is 18.4. The minimum atomic E-state index is -0.289. The van der Waals surface area contributed by atoms with Gasteiger partial charge in [-0.05, 0) is 67.4 Å². The van der Waals surface area contributed by atoms with Gasteiger partial charge in [0.05, 0.1) is 11.7 Å². The van der Waals surface area contributed by atoms with Crippen molar-refractivity contribution in [2.45, 2.75) is 18.9 Å². The second-order valence-corrected chi connectivity index (χ2v) is 7.42. The van der Waals surface area contributed by atoms with E-state index in [1.54, 1.807) is 29.9 Å². The first-order chi connectivity index (χ1) is 14.1. The van der Waals surface area contributed by atoms with E-state index in [9.17, 15) is 9.18 Å². The predicted octanol–water partition coefficient (Wildman–Crippen LogP) is 3.79. The van der Waals surface area contributed by atoms with Crippen LogP contribution in [0.3, 0.4) is 0 Å². The Morgan fingerprint density at radius 1 is 1.10 bits per heavy atom. The number of amides is 1. The van der Waals surface area contributed by atoms with Crippen LogP contribution in [0.5, 0.6) is 0 Å². The summed E-state index contributed by atoms with van der Waals surface area (Å²) in [6.45, 7) is 2.63. The molecule has 1 N–H and O–H groups in total. The van der Waals surface area contributed by atoms with Gasteiger partial charge < -0.3 is 5.32 Å². The predicted molar refractivity (Wildman–Crippen MR) is 111 cm³/mol. The van der Waals surface area contributed by atoms with Crippen molar-refractivity contribution >= 4 is 5.91 Å². The van der Waals surface area contributed by atoms with Crippen molar-refractivity contribution < 1.29 is 9.18 Å². The van der Waals surface area contributed by atoms with Gasteiger partial charge in [0.2, 0.25) is 0 Å². The van der Waals surface area contributed by atoms with Crippen molar-refractivity contribution in [1.82, 2.24) is 20.0 Å². The number of rotatable bonds is 6. The van der Waals surface area contributed by atoms with Crippen LogP contribution in [0.1, 0.15) is 34.9 Å². The van der Waals surface area contributed by atoms with Crippen LogP contribution in [0.2, 0.25) is 0 Å². The number of aryl methyl sites for hydroxylation is 1.